The van der Waals surface area contributed by atoms with Crippen molar-refractivity contribution < 1.29 is 0 Å². The zero-order valence-corrected chi connectivity index (χ0v) is 12.5. The van der Waals surface area contributed by atoms with E-state index in [2.05, 4.69) is 34.3 Å². The number of benzene rings is 1. The molecule has 1 aromatic carbocycles. The van der Waals surface area contributed by atoms with Gasteiger partial charge in [-0.05, 0) is 18.4 Å². The molecule has 1 fully saturated rings. The maximum atomic E-state index is 6.21. The molecule has 1 heterocycles. The number of nitrogens with one attached hydrogen (secondary N) is 1. The van der Waals surface area contributed by atoms with Crippen molar-refractivity contribution in [3.05, 3.63) is 36.2 Å². The third kappa shape index (κ3) is 2.99. The Morgan fingerprint density at radius 1 is 1.14 bits per heavy atom. The summed E-state index contributed by atoms with van der Waals surface area (Å²) in [7, 11) is 0. The molecule has 0 saturated heterocycles. The Morgan fingerprint density at radius 3 is 2.52 bits per heavy atom. The summed E-state index contributed by atoms with van der Waals surface area (Å²) in [5.74, 6) is 2.25. The molecule has 4 nitrogen and oxygen atoms in total. The zero-order valence-electron chi connectivity index (χ0n) is 12.5. The van der Waals surface area contributed by atoms with Gasteiger partial charge >= 0.3 is 0 Å². The minimum Gasteiger partial charge on any atom is -0.383 e. The van der Waals surface area contributed by atoms with Crippen LogP contribution in [0.5, 0.6) is 0 Å². The van der Waals surface area contributed by atoms with Gasteiger partial charge in [0, 0.05) is 12.5 Å². The number of nitrogen functional groups attached to an aromatic ring is 1. The summed E-state index contributed by atoms with van der Waals surface area (Å²) < 4.78 is 0. The monoisotopic (exact) mass is 282 g/mol. The number of hydrogen-bond donors (Lipinski definition) is 2. The van der Waals surface area contributed by atoms with E-state index in [1.165, 1.54) is 25.7 Å². The van der Waals surface area contributed by atoms with Crippen LogP contribution in [0.15, 0.2) is 30.3 Å². The maximum absolute atomic E-state index is 6.21. The highest BCUT2D eigenvalue weighted by molar-refractivity contribution is 5.83. The fourth-order valence-corrected chi connectivity index (χ4v) is 2.94. The first-order chi connectivity index (χ1) is 10.3. The van der Waals surface area contributed by atoms with Crippen LogP contribution in [0, 0.1) is 0 Å². The first kappa shape index (κ1) is 13.9. The van der Waals surface area contributed by atoms with Crippen molar-refractivity contribution in [1.29, 1.82) is 0 Å². The number of rotatable bonds is 4. The summed E-state index contributed by atoms with van der Waals surface area (Å²) in [5, 5.41) is 3.59. The summed E-state index contributed by atoms with van der Waals surface area (Å²) in [6.07, 6.45) is 5.79. The molecule has 0 bridgehead atoms. The predicted molar refractivity (Wildman–Crippen MR) is 87.1 cm³/mol. The first-order valence-corrected chi connectivity index (χ1v) is 7.76. The molecule has 3 rings (SSSR count). The Labute approximate surface area is 125 Å². The lowest BCUT2D eigenvalue weighted by Gasteiger charge is -2.18. The van der Waals surface area contributed by atoms with Gasteiger partial charge in [0.1, 0.15) is 17.5 Å². The van der Waals surface area contributed by atoms with E-state index in [0.29, 0.717) is 11.9 Å². The van der Waals surface area contributed by atoms with E-state index in [1.807, 2.05) is 18.2 Å². The van der Waals surface area contributed by atoms with Gasteiger partial charge in [0.25, 0.3) is 0 Å². The molecule has 1 aliphatic carbocycles. The van der Waals surface area contributed by atoms with E-state index < -0.39 is 0 Å². The van der Waals surface area contributed by atoms with E-state index in [4.69, 9.17) is 5.73 Å². The highest BCUT2D eigenvalue weighted by Crippen LogP contribution is 2.33. The van der Waals surface area contributed by atoms with Gasteiger partial charge < -0.3 is 11.1 Å². The topological polar surface area (TPSA) is 63.8 Å². The van der Waals surface area contributed by atoms with Crippen molar-refractivity contribution in [3.63, 3.8) is 0 Å². The number of nitrogens with zero attached hydrogens (tertiary/aromatic N) is 2. The summed E-state index contributed by atoms with van der Waals surface area (Å²) in [6.45, 7) is 2.05. The van der Waals surface area contributed by atoms with Crippen LogP contribution in [0.2, 0.25) is 0 Å². The van der Waals surface area contributed by atoms with Gasteiger partial charge in [-0.1, -0.05) is 50.1 Å². The van der Waals surface area contributed by atoms with Gasteiger partial charge in [-0.15, -0.1) is 0 Å². The molecule has 1 aromatic heterocycles. The molecule has 3 N–H and O–H groups in total. The molecular weight excluding hydrogens is 260 g/mol. The Balaban J connectivity index is 2.03. The second kappa shape index (κ2) is 6.12. The number of hydrogen-bond acceptors (Lipinski definition) is 4. The molecule has 21 heavy (non-hydrogen) atoms. The lowest BCUT2D eigenvalue weighted by molar-refractivity contribution is 0.748. The fraction of sp³-hybridized carbons (Fsp3) is 0.412. The van der Waals surface area contributed by atoms with Crippen LogP contribution in [0.25, 0.3) is 11.1 Å². The van der Waals surface area contributed by atoms with Crippen molar-refractivity contribution in [2.45, 2.75) is 45.1 Å². The normalized spacial score (nSPS) is 15.3. The molecule has 0 amide bonds. The number of aryl methyl sites for hydroxylation is 1. The summed E-state index contributed by atoms with van der Waals surface area (Å²) >= 11 is 0. The minimum absolute atomic E-state index is 0.506. The SMILES string of the molecule is CCc1nc(N)c(-c2ccccc2)c(NC2CCCC2)n1. The van der Waals surface area contributed by atoms with Gasteiger partial charge in [-0.2, -0.15) is 0 Å². The van der Waals surface area contributed by atoms with Crippen LogP contribution < -0.4 is 11.1 Å². The molecule has 110 valence electrons. The lowest BCUT2D eigenvalue weighted by atomic mass is 10.1. The van der Waals surface area contributed by atoms with E-state index in [1.54, 1.807) is 0 Å². The van der Waals surface area contributed by atoms with Crippen LogP contribution in [0.1, 0.15) is 38.4 Å². The molecule has 0 spiro atoms. The smallest absolute Gasteiger partial charge is 0.140 e. The predicted octanol–water partition coefficient (Wildman–Crippen LogP) is 3.64. The first-order valence-electron chi connectivity index (χ1n) is 7.76. The number of aromatic nitrogens is 2. The largest absolute Gasteiger partial charge is 0.383 e. The standard InChI is InChI=1S/C17H22N4/c1-2-14-20-16(18)15(12-8-4-3-5-9-12)17(21-14)19-13-10-6-7-11-13/h3-5,8-9,13H,2,6-7,10-11H2,1H3,(H3,18,19,20,21). The number of anilines is 2. The molecule has 0 unspecified atom stereocenters. The molecule has 4 heteroatoms. The molecule has 0 aliphatic heterocycles. The highest BCUT2D eigenvalue weighted by Gasteiger charge is 2.19. The molecule has 2 aromatic rings. The number of nitrogens with two attached hydrogens (primary N) is 1. The van der Waals surface area contributed by atoms with Crippen LogP contribution in [0.3, 0.4) is 0 Å². The molecule has 0 radical (unpaired) electrons. The highest BCUT2D eigenvalue weighted by atomic mass is 15.1. The molecule has 1 saturated carbocycles. The fourth-order valence-electron chi connectivity index (χ4n) is 2.94. The summed E-state index contributed by atoms with van der Waals surface area (Å²) in [5.41, 5.74) is 8.21. The average Bonchev–Trinajstić information content (AvgIpc) is 3.00. The zero-order chi connectivity index (χ0) is 14.7. The Bertz CT molecular complexity index is 604. The second-order valence-electron chi connectivity index (χ2n) is 5.59. The van der Waals surface area contributed by atoms with Crippen LogP contribution >= 0.6 is 0 Å². The van der Waals surface area contributed by atoms with E-state index in [9.17, 15) is 0 Å². The van der Waals surface area contributed by atoms with Gasteiger partial charge in [-0.25, -0.2) is 9.97 Å². The van der Waals surface area contributed by atoms with Crippen LogP contribution in [0.4, 0.5) is 11.6 Å². The van der Waals surface area contributed by atoms with E-state index in [-0.39, 0.29) is 0 Å². The molecule has 1 aliphatic rings. The molecular formula is C17H22N4. The second-order valence-corrected chi connectivity index (χ2v) is 5.59. The third-order valence-electron chi connectivity index (χ3n) is 4.06. The van der Waals surface area contributed by atoms with Gasteiger partial charge in [0.2, 0.25) is 0 Å². The Kier molecular flexibility index (Phi) is 4.04. The molecule has 0 atom stereocenters. The summed E-state index contributed by atoms with van der Waals surface area (Å²) in [4.78, 5) is 9.12. The van der Waals surface area contributed by atoms with Gasteiger partial charge in [0.15, 0.2) is 0 Å². The Morgan fingerprint density at radius 2 is 1.86 bits per heavy atom. The van der Waals surface area contributed by atoms with Crippen LogP contribution in [-0.2, 0) is 6.42 Å². The quantitative estimate of drug-likeness (QED) is 0.898. The van der Waals surface area contributed by atoms with Crippen molar-refractivity contribution in [3.8, 4) is 11.1 Å². The average molecular weight is 282 g/mol. The summed E-state index contributed by atoms with van der Waals surface area (Å²) in [6, 6.07) is 10.7. The lowest BCUT2D eigenvalue weighted by Crippen LogP contribution is -2.18. The van der Waals surface area contributed by atoms with Crippen molar-refractivity contribution in [2.75, 3.05) is 11.1 Å². The Hall–Kier alpha value is -2.10. The van der Waals surface area contributed by atoms with Crippen molar-refractivity contribution in [1.82, 2.24) is 9.97 Å². The maximum Gasteiger partial charge on any atom is 0.140 e. The van der Waals surface area contributed by atoms with E-state index >= 15 is 0 Å². The van der Waals surface area contributed by atoms with Gasteiger partial charge in [0.05, 0.1) is 5.56 Å². The van der Waals surface area contributed by atoms with Crippen molar-refractivity contribution >= 4 is 11.6 Å². The van der Waals surface area contributed by atoms with E-state index in [0.717, 1.165) is 29.2 Å². The van der Waals surface area contributed by atoms with Crippen molar-refractivity contribution in [2.24, 2.45) is 0 Å². The third-order valence-corrected chi connectivity index (χ3v) is 4.06. The minimum atomic E-state index is 0.506. The van der Waals surface area contributed by atoms with Gasteiger partial charge in [-0.3, -0.25) is 0 Å². The van der Waals surface area contributed by atoms with Crippen LogP contribution in [-0.4, -0.2) is 16.0 Å².